The Bertz CT molecular complexity index is 547. The van der Waals surface area contributed by atoms with Gasteiger partial charge in [0.15, 0.2) is 5.82 Å². The molecule has 0 spiro atoms. The molecule has 0 aliphatic carbocycles. The standard InChI is InChI=1S/C12H13ClN4O/c1-8-3-4-14-5-9(8)6-15-11-10(13)7-16-12(17-11)18-2/h3-5,7H,6H2,1-2H3,(H,15,16,17). The van der Waals surface area contributed by atoms with Crippen LogP contribution in [0.1, 0.15) is 11.1 Å². The number of ether oxygens (including phenoxy) is 1. The van der Waals surface area contributed by atoms with Crippen LogP contribution in [0, 0.1) is 6.92 Å². The SMILES string of the molecule is COc1ncc(Cl)c(NCc2cnccc2C)n1. The smallest absolute Gasteiger partial charge is 0.318 e. The highest BCUT2D eigenvalue weighted by atomic mass is 35.5. The molecule has 1 N–H and O–H groups in total. The minimum absolute atomic E-state index is 0.282. The molecule has 0 saturated carbocycles. The van der Waals surface area contributed by atoms with Crippen molar-refractivity contribution in [3.63, 3.8) is 0 Å². The summed E-state index contributed by atoms with van der Waals surface area (Å²) in [5, 5.41) is 3.60. The van der Waals surface area contributed by atoms with Crippen molar-refractivity contribution in [3.05, 3.63) is 40.8 Å². The highest BCUT2D eigenvalue weighted by molar-refractivity contribution is 6.32. The van der Waals surface area contributed by atoms with Crippen LogP contribution in [0.5, 0.6) is 6.01 Å². The van der Waals surface area contributed by atoms with Gasteiger partial charge in [0.05, 0.1) is 13.3 Å². The van der Waals surface area contributed by atoms with Gasteiger partial charge in [0.25, 0.3) is 0 Å². The van der Waals surface area contributed by atoms with Gasteiger partial charge in [-0.1, -0.05) is 11.6 Å². The number of hydrogen-bond acceptors (Lipinski definition) is 5. The van der Waals surface area contributed by atoms with Crippen LogP contribution in [0.15, 0.2) is 24.7 Å². The van der Waals surface area contributed by atoms with Gasteiger partial charge in [0.1, 0.15) is 5.02 Å². The number of anilines is 1. The van der Waals surface area contributed by atoms with Crippen molar-refractivity contribution >= 4 is 17.4 Å². The van der Waals surface area contributed by atoms with Crippen molar-refractivity contribution < 1.29 is 4.74 Å². The number of methoxy groups -OCH3 is 1. The molecule has 0 fully saturated rings. The summed E-state index contributed by atoms with van der Waals surface area (Å²) in [6.45, 7) is 2.63. The van der Waals surface area contributed by atoms with Gasteiger partial charge in [-0.05, 0) is 24.1 Å². The van der Waals surface area contributed by atoms with Gasteiger partial charge in [-0.2, -0.15) is 4.98 Å². The fourth-order valence-corrected chi connectivity index (χ4v) is 1.59. The third-order valence-corrected chi connectivity index (χ3v) is 2.77. The van der Waals surface area contributed by atoms with Crippen LogP contribution in [0.3, 0.4) is 0 Å². The van der Waals surface area contributed by atoms with Crippen molar-refractivity contribution in [3.8, 4) is 6.01 Å². The summed E-state index contributed by atoms with van der Waals surface area (Å²) >= 11 is 6.00. The van der Waals surface area contributed by atoms with Crippen molar-refractivity contribution in [2.45, 2.75) is 13.5 Å². The summed E-state index contributed by atoms with van der Waals surface area (Å²) in [5.74, 6) is 0.548. The van der Waals surface area contributed by atoms with Crippen LogP contribution >= 0.6 is 11.6 Å². The Balaban J connectivity index is 2.13. The van der Waals surface area contributed by atoms with Crippen LogP contribution in [-0.4, -0.2) is 22.1 Å². The first kappa shape index (κ1) is 12.6. The topological polar surface area (TPSA) is 59.9 Å². The monoisotopic (exact) mass is 264 g/mol. The predicted octanol–water partition coefficient (Wildman–Crippen LogP) is 2.45. The zero-order chi connectivity index (χ0) is 13.0. The van der Waals surface area contributed by atoms with Gasteiger partial charge < -0.3 is 10.1 Å². The molecule has 2 rings (SSSR count). The molecule has 2 aromatic rings. The number of rotatable bonds is 4. The number of aromatic nitrogens is 3. The van der Waals surface area contributed by atoms with Crippen molar-refractivity contribution in [2.75, 3.05) is 12.4 Å². The zero-order valence-electron chi connectivity index (χ0n) is 10.1. The molecule has 0 saturated heterocycles. The Morgan fingerprint density at radius 3 is 2.94 bits per heavy atom. The summed E-state index contributed by atoms with van der Waals surface area (Å²) in [4.78, 5) is 12.1. The molecule has 0 amide bonds. The van der Waals surface area contributed by atoms with Crippen LogP contribution < -0.4 is 10.1 Å². The van der Waals surface area contributed by atoms with Gasteiger partial charge in [-0.15, -0.1) is 0 Å². The lowest BCUT2D eigenvalue weighted by Gasteiger charge is -2.09. The molecule has 0 aliphatic rings. The van der Waals surface area contributed by atoms with E-state index in [0.717, 1.165) is 11.1 Å². The van der Waals surface area contributed by atoms with Crippen LogP contribution in [-0.2, 0) is 6.54 Å². The summed E-state index contributed by atoms with van der Waals surface area (Å²) in [7, 11) is 1.51. The van der Waals surface area contributed by atoms with Crippen LogP contribution in [0.2, 0.25) is 5.02 Å². The zero-order valence-corrected chi connectivity index (χ0v) is 10.9. The largest absolute Gasteiger partial charge is 0.467 e. The molecule has 0 unspecified atom stereocenters. The van der Waals surface area contributed by atoms with Gasteiger partial charge in [0, 0.05) is 18.9 Å². The maximum atomic E-state index is 6.00. The average Bonchev–Trinajstić information content (AvgIpc) is 2.39. The van der Waals surface area contributed by atoms with E-state index in [9.17, 15) is 0 Å². The Labute approximate surface area is 110 Å². The molecular weight excluding hydrogens is 252 g/mol. The Hall–Kier alpha value is -1.88. The molecule has 0 radical (unpaired) electrons. The third-order valence-electron chi connectivity index (χ3n) is 2.50. The van der Waals surface area contributed by atoms with E-state index in [1.165, 1.54) is 13.3 Å². The highest BCUT2D eigenvalue weighted by Crippen LogP contribution is 2.21. The first-order chi connectivity index (χ1) is 8.70. The van der Waals surface area contributed by atoms with Crippen molar-refractivity contribution in [2.24, 2.45) is 0 Å². The molecule has 0 aliphatic heterocycles. The first-order valence-electron chi connectivity index (χ1n) is 5.40. The Kier molecular flexibility index (Phi) is 3.94. The van der Waals surface area contributed by atoms with Crippen LogP contribution in [0.4, 0.5) is 5.82 Å². The van der Waals surface area contributed by atoms with Gasteiger partial charge in [-0.3, -0.25) is 4.98 Å². The van der Waals surface area contributed by atoms with E-state index in [1.54, 1.807) is 6.20 Å². The number of nitrogens with zero attached hydrogens (tertiary/aromatic N) is 3. The Morgan fingerprint density at radius 1 is 1.39 bits per heavy atom. The summed E-state index contributed by atoms with van der Waals surface area (Å²) < 4.78 is 4.95. The van der Waals surface area contributed by atoms with Gasteiger partial charge in [-0.25, -0.2) is 4.98 Å². The molecule has 2 aromatic heterocycles. The maximum absolute atomic E-state index is 6.00. The van der Waals surface area contributed by atoms with E-state index < -0.39 is 0 Å². The second-order valence-corrected chi connectivity index (χ2v) is 4.12. The second-order valence-electron chi connectivity index (χ2n) is 3.71. The molecule has 2 heterocycles. The number of pyridine rings is 1. The van der Waals surface area contributed by atoms with Crippen LogP contribution in [0.25, 0.3) is 0 Å². The van der Waals surface area contributed by atoms with Crippen molar-refractivity contribution in [1.82, 2.24) is 15.0 Å². The molecule has 0 bridgehead atoms. The quantitative estimate of drug-likeness (QED) is 0.919. The molecular formula is C12H13ClN4O. The number of nitrogens with one attached hydrogen (secondary N) is 1. The van der Waals surface area contributed by atoms with Crippen molar-refractivity contribution in [1.29, 1.82) is 0 Å². The summed E-state index contributed by atoms with van der Waals surface area (Å²) in [6, 6.07) is 2.24. The lowest BCUT2D eigenvalue weighted by molar-refractivity contribution is 0.380. The minimum Gasteiger partial charge on any atom is -0.467 e. The Morgan fingerprint density at radius 2 is 2.22 bits per heavy atom. The first-order valence-corrected chi connectivity index (χ1v) is 5.78. The van der Waals surface area contributed by atoms with Gasteiger partial charge in [0.2, 0.25) is 0 Å². The third kappa shape index (κ3) is 2.87. The molecule has 18 heavy (non-hydrogen) atoms. The summed E-state index contributed by atoms with van der Waals surface area (Å²) in [6.07, 6.45) is 5.08. The van der Waals surface area contributed by atoms with E-state index in [4.69, 9.17) is 16.3 Å². The molecule has 6 heteroatoms. The van der Waals surface area contributed by atoms with E-state index in [-0.39, 0.29) is 6.01 Å². The van der Waals surface area contributed by atoms with E-state index >= 15 is 0 Å². The average molecular weight is 265 g/mol. The molecule has 94 valence electrons. The molecule has 0 aromatic carbocycles. The fourth-order valence-electron chi connectivity index (χ4n) is 1.43. The lowest BCUT2D eigenvalue weighted by atomic mass is 10.1. The number of hydrogen-bond donors (Lipinski definition) is 1. The lowest BCUT2D eigenvalue weighted by Crippen LogP contribution is -2.05. The van der Waals surface area contributed by atoms with E-state index in [1.807, 2.05) is 19.2 Å². The van der Waals surface area contributed by atoms with Gasteiger partial charge >= 0.3 is 6.01 Å². The predicted molar refractivity (Wildman–Crippen MR) is 69.9 cm³/mol. The maximum Gasteiger partial charge on any atom is 0.318 e. The normalized spacial score (nSPS) is 10.2. The van der Waals surface area contributed by atoms with E-state index in [0.29, 0.717) is 17.4 Å². The molecule has 0 atom stereocenters. The number of halogens is 1. The molecule has 5 nitrogen and oxygen atoms in total. The minimum atomic E-state index is 0.282. The van der Waals surface area contributed by atoms with E-state index in [2.05, 4.69) is 20.3 Å². The number of aryl methyl sites for hydroxylation is 1. The second kappa shape index (κ2) is 5.64. The highest BCUT2D eigenvalue weighted by Gasteiger charge is 2.06. The summed E-state index contributed by atoms with van der Waals surface area (Å²) in [5.41, 5.74) is 2.25. The fraction of sp³-hybridized carbons (Fsp3) is 0.250.